The standard InChI is InChI=1S/C26H28ClNO5S/c1-26(2,3)33-25(32)28(16-21(29)19-5-4-6-20(27)15-19)14-13-17-7-9-18(10-8-17)22-11-12-23(34-22)24(30)31/h4-12,15,21,29H,13-14,16H2,1-3H3,(H,30,31)/t21-/m1/s1. The number of ether oxygens (including phenoxy) is 1. The molecule has 2 aromatic carbocycles. The van der Waals surface area contributed by atoms with E-state index in [2.05, 4.69) is 0 Å². The summed E-state index contributed by atoms with van der Waals surface area (Å²) in [6, 6.07) is 18.1. The number of thiophene rings is 1. The van der Waals surface area contributed by atoms with Crippen LogP contribution in [0.4, 0.5) is 4.79 Å². The fourth-order valence-electron chi connectivity index (χ4n) is 3.32. The molecule has 3 rings (SSSR count). The van der Waals surface area contributed by atoms with Crippen LogP contribution in [0.25, 0.3) is 10.4 Å². The summed E-state index contributed by atoms with van der Waals surface area (Å²) in [7, 11) is 0. The van der Waals surface area contributed by atoms with Crippen molar-refractivity contribution in [3.05, 3.63) is 81.7 Å². The molecule has 1 atom stereocenters. The highest BCUT2D eigenvalue weighted by Gasteiger charge is 2.24. The van der Waals surface area contributed by atoms with Crippen molar-refractivity contribution in [1.82, 2.24) is 4.90 Å². The minimum Gasteiger partial charge on any atom is -0.477 e. The molecule has 0 unspecified atom stereocenters. The Morgan fingerprint density at radius 1 is 1.09 bits per heavy atom. The first kappa shape index (κ1) is 25.7. The van der Waals surface area contributed by atoms with E-state index in [4.69, 9.17) is 21.4 Å². The van der Waals surface area contributed by atoms with Crippen LogP contribution < -0.4 is 0 Å². The highest BCUT2D eigenvalue weighted by molar-refractivity contribution is 7.17. The molecule has 6 nitrogen and oxygen atoms in total. The zero-order valence-corrected chi connectivity index (χ0v) is 20.9. The van der Waals surface area contributed by atoms with E-state index in [1.165, 1.54) is 16.2 Å². The maximum atomic E-state index is 12.8. The lowest BCUT2D eigenvalue weighted by Gasteiger charge is -2.29. The van der Waals surface area contributed by atoms with Crippen LogP contribution >= 0.6 is 22.9 Å². The van der Waals surface area contributed by atoms with Gasteiger partial charge >= 0.3 is 12.1 Å². The highest BCUT2D eigenvalue weighted by atomic mass is 35.5. The smallest absolute Gasteiger partial charge is 0.410 e. The second-order valence-electron chi connectivity index (χ2n) is 8.91. The Balaban J connectivity index is 1.70. The number of amides is 1. The molecule has 3 aromatic rings. The SMILES string of the molecule is CC(C)(C)OC(=O)N(CCc1ccc(-c2ccc(C(=O)O)s2)cc1)C[C@@H](O)c1cccc(Cl)c1. The van der Waals surface area contributed by atoms with Crippen molar-refractivity contribution in [3.63, 3.8) is 0 Å². The predicted octanol–water partition coefficient (Wildman–Crippen LogP) is 6.28. The van der Waals surface area contributed by atoms with Gasteiger partial charge in [0.2, 0.25) is 0 Å². The molecule has 0 aliphatic rings. The van der Waals surface area contributed by atoms with Crippen molar-refractivity contribution >= 4 is 35.0 Å². The average molecular weight is 502 g/mol. The number of aliphatic hydroxyl groups is 1. The molecule has 0 aliphatic heterocycles. The van der Waals surface area contributed by atoms with E-state index in [1.807, 2.05) is 24.3 Å². The summed E-state index contributed by atoms with van der Waals surface area (Å²) in [5.41, 5.74) is 1.90. The number of benzene rings is 2. The van der Waals surface area contributed by atoms with E-state index in [0.717, 1.165) is 16.0 Å². The fraction of sp³-hybridized carbons (Fsp3) is 0.308. The second kappa shape index (κ2) is 11.0. The lowest BCUT2D eigenvalue weighted by Crippen LogP contribution is -2.40. The lowest BCUT2D eigenvalue weighted by atomic mass is 10.1. The Hall–Kier alpha value is -2.87. The molecule has 1 heterocycles. The molecule has 34 heavy (non-hydrogen) atoms. The van der Waals surface area contributed by atoms with Crippen molar-refractivity contribution in [1.29, 1.82) is 0 Å². The Kier molecular flexibility index (Phi) is 8.36. The van der Waals surface area contributed by atoms with Gasteiger partial charge in [0.05, 0.1) is 12.6 Å². The van der Waals surface area contributed by atoms with Crippen LogP contribution in [0.1, 0.15) is 47.7 Å². The first-order chi connectivity index (χ1) is 16.0. The summed E-state index contributed by atoms with van der Waals surface area (Å²) in [5.74, 6) is -0.935. The van der Waals surface area contributed by atoms with E-state index in [1.54, 1.807) is 57.2 Å². The molecule has 0 bridgehead atoms. The molecular weight excluding hydrogens is 474 g/mol. The average Bonchev–Trinajstić information content (AvgIpc) is 3.26. The van der Waals surface area contributed by atoms with E-state index < -0.39 is 23.8 Å². The van der Waals surface area contributed by atoms with Crippen LogP contribution in [-0.4, -0.2) is 45.9 Å². The Morgan fingerprint density at radius 3 is 2.38 bits per heavy atom. The molecule has 0 aliphatic carbocycles. The van der Waals surface area contributed by atoms with Gasteiger partial charge in [-0.2, -0.15) is 0 Å². The molecule has 8 heteroatoms. The van der Waals surface area contributed by atoms with Gasteiger partial charge in [-0.1, -0.05) is 48.0 Å². The molecule has 0 fully saturated rings. The zero-order valence-electron chi connectivity index (χ0n) is 19.3. The van der Waals surface area contributed by atoms with Gasteiger partial charge in [-0.15, -0.1) is 11.3 Å². The van der Waals surface area contributed by atoms with E-state index in [-0.39, 0.29) is 6.54 Å². The van der Waals surface area contributed by atoms with Crippen molar-refractivity contribution in [2.24, 2.45) is 0 Å². The highest BCUT2D eigenvalue weighted by Crippen LogP contribution is 2.28. The van der Waals surface area contributed by atoms with Crippen molar-refractivity contribution < 1.29 is 24.5 Å². The predicted molar refractivity (Wildman–Crippen MR) is 135 cm³/mol. The zero-order chi connectivity index (χ0) is 24.9. The summed E-state index contributed by atoms with van der Waals surface area (Å²) in [4.78, 5) is 26.6. The van der Waals surface area contributed by atoms with Gasteiger partial charge in [0.25, 0.3) is 0 Å². The van der Waals surface area contributed by atoms with Gasteiger partial charge in [0.1, 0.15) is 10.5 Å². The largest absolute Gasteiger partial charge is 0.477 e. The number of carbonyl (C=O) groups excluding carboxylic acids is 1. The molecule has 2 N–H and O–H groups in total. The van der Waals surface area contributed by atoms with Crippen molar-refractivity contribution in [3.8, 4) is 10.4 Å². The van der Waals surface area contributed by atoms with Gasteiger partial charge in [-0.05, 0) is 68.1 Å². The van der Waals surface area contributed by atoms with Crippen LogP contribution in [0.2, 0.25) is 5.02 Å². The summed E-state index contributed by atoms with van der Waals surface area (Å²) in [6.45, 7) is 5.83. The van der Waals surface area contributed by atoms with Gasteiger partial charge < -0.3 is 19.8 Å². The Morgan fingerprint density at radius 2 is 1.79 bits per heavy atom. The Bertz CT molecular complexity index is 1140. The summed E-state index contributed by atoms with van der Waals surface area (Å²) in [5, 5.41) is 20.3. The monoisotopic (exact) mass is 501 g/mol. The van der Waals surface area contributed by atoms with Crippen LogP contribution in [0.3, 0.4) is 0 Å². The summed E-state index contributed by atoms with van der Waals surface area (Å²) in [6.07, 6.45) is -0.840. The first-order valence-electron chi connectivity index (χ1n) is 10.9. The molecule has 1 aromatic heterocycles. The maximum absolute atomic E-state index is 12.8. The molecule has 0 saturated carbocycles. The first-order valence-corrected chi connectivity index (χ1v) is 12.0. The molecule has 180 valence electrons. The van der Waals surface area contributed by atoms with E-state index in [9.17, 15) is 14.7 Å². The maximum Gasteiger partial charge on any atom is 0.410 e. The minimum atomic E-state index is -0.935. The molecular formula is C26H28ClNO5S. The summed E-state index contributed by atoms with van der Waals surface area (Å²) >= 11 is 7.27. The number of aromatic carboxylic acids is 1. The van der Waals surface area contributed by atoms with E-state index in [0.29, 0.717) is 28.4 Å². The fourth-order valence-corrected chi connectivity index (χ4v) is 4.37. The van der Waals surface area contributed by atoms with Crippen LogP contribution in [-0.2, 0) is 11.2 Å². The number of nitrogens with zero attached hydrogens (tertiary/aromatic N) is 1. The minimum absolute atomic E-state index is 0.0699. The quantitative estimate of drug-likeness (QED) is 0.379. The summed E-state index contributed by atoms with van der Waals surface area (Å²) < 4.78 is 5.55. The van der Waals surface area contributed by atoms with Crippen LogP contribution in [0.15, 0.2) is 60.7 Å². The van der Waals surface area contributed by atoms with Crippen LogP contribution in [0, 0.1) is 0 Å². The third kappa shape index (κ3) is 7.32. The normalized spacial score (nSPS) is 12.3. The third-order valence-electron chi connectivity index (χ3n) is 5.00. The van der Waals surface area contributed by atoms with E-state index >= 15 is 0 Å². The Labute approximate surface area is 208 Å². The number of hydrogen-bond acceptors (Lipinski definition) is 5. The van der Waals surface area contributed by atoms with Gasteiger partial charge in [-0.3, -0.25) is 0 Å². The van der Waals surface area contributed by atoms with Gasteiger partial charge in [-0.25, -0.2) is 9.59 Å². The molecule has 0 spiro atoms. The van der Waals surface area contributed by atoms with Crippen molar-refractivity contribution in [2.45, 2.75) is 38.9 Å². The van der Waals surface area contributed by atoms with Gasteiger partial charge in [0.15, 0.2) is 0 Å². The van der Waals surface area contributed by atoms with Crippen molar-refractivity contribution in [2.75, 3.05) is 13.1 Å². The van der Waals surface area contributed by atoms with Gasteiger partial charge in [0, 0.05) is 16.4 Å². The number of aliphatic hydroxyl groups excluding tert-OH is 1. The number of carbonyl (C=O) groups is 2. The van der Waals surface area contributed by atoms with Crippen LogP contribution in [0.5, 0.6) is 0 Å². The number of rotatable bonds is 8. The number of halogens is 1. The number of carboxylic acid groups (broad SMARTS) is 1. The lowest BCUT2D eigenvalue weighted by molar-refractivity contribution is 0.0147. The molecule has 0 radical (unpaired) electrons. The molecule has 1 amide bonds. The third-order valence-corrected chi connectivity index (χ3v) is 6.36. The number of carboxylic acids is 1. The number of hydrogen-bond donors (Lipinski definition) is 2. The topological polar surface area (TPSA) is 87.1 Å². The molecule has 0 saturated heterocycles. The second-order valence-corrected chi connectivity index (χ2v) is 10.4.